The molecule has 1 aromatic carbocycles. The van der Waals surface area contributed by atoms with Crippen molar-refractivity contribution in [2.24, 2.45) is 5.92 Å². The molecule has 3 rings (SSSR count). The number of ether oxygens (including phenoxy) is 1. The Morgan fingerprint density at radius 2 is 2.22 bits per heavy atom. The number of halogens is 1. The van der Waals surface area contributed by atoms with Crippen molar-refractivity contribution in [3.63, 3.8) is 0 Å². The number of pyridine rings is 1. The zero-order valence-electron chi connectivity index (χ0n) is 12.2. The molecule has 23 heavy (non-hydrogen) atoms. The van der Waals surface area contributed by atoms with Crippen molar-refractivity contribution in [1.29, 1.82) is 0 Å². The number of aromatic nitrogens is 1. The van der Waals surface area contributed by atoms with E-state index >= 15 is 0 Å². The van der Waals surface area contributed by atoms with Gasteiger partial charge in [-0.15, -0.1) is 0 Å². The number of rotatable bonds is 4. The average molecular weight is 335 g/mol. The Morgan fingerprint density at radius 3 is 2.96 bits per heavy atom. The summed E-state index contributed by atoms with van der Waals surface area (Å²) >= 11 is 6.11. The second-order valence-corrected chi connectivity index (χ2v) is 5.80. The summed E-state index contributed by atoms with van der Waals surface area (Å²) in [5, 5.41) is 10.3. The van der Waals surface area contributed by atoms with Crippen LogP contribution in [-0.2, 0) is 9.59 Å². The number of amides is 1. The first kappa shape index (κ1) is 15.6. The average Bonchev–Trinajstić information content (AvgIpc) is 3.05. The van der Waals surface area contributed by atoms with Gasteiger partial charge in [-0.2, -0.15) is 0 Å². The Bertz CT molecular complexity index is 765. The van der Waals surface area contributed by atoms with Crippen molar-refractivity contribution in [2.45, 2.75) is 6.42 Å². The van der Waals surface area contributed by atoms with Gasteiger partial charge >= 0.3 is 5.97 Å². The summed E-state index contributed by atoms with van der Waals surface area (Å²) in [6.45, 7) is 0.523. The predicted molar refractivity (Wildman–Crippen MR) is 84.6 cm³/mol. The van der Waals surface area contributed by atoms with Crippen LogP contribution in [0.15, 0.2) is 30.5 Å². The lowest BCUT2D eigenvalue weighted by atomic mass is 10.1. The minimum atomic E-state index is -0.867. The first-order valence-corrected chi connectivity index (χ1v) is 7.60. The van der Waals surface area contributed by atoms with Crippen molar-refractivity contribution in [2.75, 3.05) is 19.7 Å². The SMILES string of the molecule is O=C(O)C1CCN(C(=O)COc2ccc(Cl)c3cccnc23)C1. The minimum absolute atomic E-state index is 0.153. The summed E-state index contributed by atoms with van der Waals surface area (Å²) in [4.78, 5) is 28.8. The summed E-state index contributed by atoms with van der Waals surface area (Å²) in [5.41, 5.74) is 0.595. The standard InChI is InChI=1S/C16H15ClN2O4/c17-12-3-4-13(15-11(12)2-1-6-18-15)23-9-14(20)19-7-5-10(8-19)16(21)22/h1-4,6,10H,5,7-9H2,(H,21,22). The van der Waals surface area contributed by atoms with Crippen LogP contribution in [0.4, 0.5) is 0 Å². The third-order valence-corrected chi connectivity index (χ3v) is 4.25. The number of hydrogen-bond donors (Lipinski definition) is 1. The lowest BCUT2D eigenvalue weighted by Crippen LogP contribution is -2.33. The van der Waals surface area contributed by atoms with E-state index in [1.165, 1.54) is 4.90 Å². The summed E-state index contributed by atoms with van der Waals surface area (Å²) in [6.07, 6.45) is 2.11. The van der Waals surface area contributed by atoms with Gasteiger partial charge in [-0.25, -0.2) is 0 Å². The second-order valence-electron chi connectivity index (χ2n) is 5.40. The Labute approximate surface area is 137 Å². The number of fused-ring (bicyclic) bond motifs is 1. The van der Waals surface area contributed by atoms with Gasteiger partial charge in [-0.1, -0.05) is 11.6 Å². The highest BCUT2D eigenvalue weighted by Crippen LogP contribution is 2.29. The topological polar surface area (TPSA) is 79.7 Å². The number of nitrogens with zero attached hydrogens (tertiary/aromatic N) is 2. The molecule has 7 heteroatoms. The van der Waals surface area contributed by atoms with Gasteiger partial charge in [0.15, 0.2) is 6.61 Å². The predicted octanol–water partition coefficient (Wildman–Crippen LogP) is 2.20. The summed E-state index contributed by atoms with van der Waals surface area (Å²) in [5.74, 6) is -1.11. The lowest BCUT2D eigenvalue weighted by Gasteiger charge is -2.16. The Balaban J connectivity index is 1.68. The van der Waals surface area contributed by atoms with E-state index in [9.17, 15) is 9.59 Å². The largest absolute Gasteiger partial charge is 0.481 e. The fourth-order valence-corrected chi connectivity index (χ4v) is 2.86. The molecular formula is C16H15ClN2O4. The molecule has 0 radical (unpaired) electrons. The van der Waals surface area contributed by atoms with Gasteiger partial charge in [-0.3, -0.25) is 14.6 Å². The van der Waals surface area contributed by atoms with Crippen LogP contribution < -0.4 is 4.74 Å². The zero-order valence-corrected chi connectivity index (χ0v) is 13.0. The zero-order chi connectivity index (χ0) is 16.4. The highest BCUT2D eigenvalue weighted by atomic mass is 35.5. The van der Waals surface area contributed by atoms with Gasteiger partial charge in [-0.05, 0) is 30.7 Å². The molecule has 120 valence electrons. The van der Waals surface area contributed by atoms with Gasteiger partial charge in [0.05, 0.1) is 10.9 Å². The van der Waals surface area contributed by atoms with Crippen LogP contribution in [0.3, 0.4) is 0 Å². The third kappa shape index (κ3) is 3.22. The fourth-order valence-electron chi connectivity index (χ4n) is 2.65. The number of hydrogen-bond acceptors (Lipinski definition) is 4. The van der Waals surface area contributed by atoms with Crippen LogP contribution in [0.5, 0.6) is 5.75 Å². The molecule has 1 unspecified atom stereocenters. The molecule has 0 bridgehead atoms. The van der Waals surface area contributed by atoms with Crippen LogP contribution in [0.1, 0.15) is 6.42 Å². The van der Waals surface area contributed by atoms with E-state index in [-0.39, 0.29) is 19.1 Å². The molecule has 0 spiro atoms. The molecule has 1 fully saturated rings. The number of carboxylic acids is 1. The first-order chi connectivity index (χ1) is 11.1. The van der Waals surface area contributed by atoms with Gasteiger partial charge in [0.2, 0.25) is 0 Å². The Hall–Kier alpha value is -2.34. The second kappa shape index (κ2) is 6.42. The molecular weight excluding hydrogens is 320 g/mol. The van der Waals surface area contributed by atoms with Gasteiger partial charge in [0.25, 0.3) is 5.91 Å². The molecule has 1 aliphatic rings. The smallest absolute Gasteiger partial charge is 0.308 e. The van der Waals surface area contributed by atoms with Gasteiger partial charge in [0, 0.05) is 24.7 Å². The van der Waals surface area contributed by atoms with Crippen molar-refractivity contribution in [3.8, 4) is 5.75 Å². The van der Waals surface area contributed by atoms with E-state index in [1.54, 1.807) is 24.4 Å². The van der Waals surface area contributed by atoms with Crippen LogP contribution in [-0.4, -0.2) is 46.6 Å². The van der Waals surface area contributed by atoms with Crippen molar-refractivity contribution >= 4 is 34.4 Å². The molecule has 1 aromatic heterocycles. The summed E-state index contributed by atoms with van der Waals surface area (Å²) < 4.78 is 5.58. The molecule has 1 N–H and O–H groups in total. The molecule has 2 aromatic rings. The lowest BCUT2D eigenvalue weighted by molar-refractivity contribution is -0.141. The van der Waals surface area contributed by atoms with Crippen LogP contribution in [0, 0.1) is 5.92 Å². The van der Waals surface area contributed by atoms with E-state index in [2.05, 4.69) is 4.98 Å². The maximum Gasteiger partial charge on any atom is 0.308 e. The Morgan fingerprint density at radius 1 is 1.39 bits per heavy atom. The maximum atomic E-state index is 12.2. The van der Waals surface area contributed by atoms with Crippen molar-refractivity contribution < 1.29 is 19.4 Å². The molecule has 2 heterocycles. The Kier molecular flexibility index (Phi) is 4.34. The fraction of sp³-hybridized carbons (Fsp3) is 0.312. The van der Waals surface area contributed by atoms with Crippen LogP contribution in [0.2, 0.25) is 5.02 Å². The number of benzene rings is 1. The summed E-state index contributed by atoms with van der Waals surface area (Å²) in [7, 11) is 0. The van der Waals surface area contributed by atoms with Crippen molar-refractivity contribution in [3.05, 3.63) is 35.5 Å². The number of carbonyl (C=O) groups excluding carboxylic acids is 1. The molecule has 1 amide bonds. The molecule has 6 nitrogen and oxygen atoms in total. The van der Waals surface area contributed by atoms with E-state index in [0.717, 1.165) is 5.39 Å². The van der Waals surface area contributed by atoms with E-state index in [4.69, 9.17) is 21.4 Å². The highest BCUT2D eigenvalue weighted by Gasteiger charge is 2.30. The van der Waals surface area contributed by atoms with Crippen LogP contribution >= 0.6 is 11.6 Å². The van der Waals surface area contributed by atoms with Gasteiger partial charge < -0.3 is 14.7 Å². The molecule has 0 aliphatic carbocycles. The number of carboxylic acid groups (broad SMARTS) is 1. The molecule has 1 saturated heterocycles. The van der Waals surface area contributed by atoms with Crippen LogP contribution in [0.25, 0.3) is 10.9 Å². The van der Waals surface area contributed by atoms with Crippen molar-refractivity contribution in [1.82, 2.24) is 9.88 Å². The normalized spacial score (nSPS) is 17.4. The number of likely N-dealkylation sites (tertiary alicyclic amines) is 1. The highest BCUT2D eigenvalue weighted by molar-refractivity contribution is 6.35. The number of aliphatic carboxylic acids is 1. The first-order valence-electron chi connectivity index (χ1n) is 7.23. The molecule has 0 saturated carbocycles. The number of carbonyl (C=O) groups is 2. The van der Waals surface area contributed by atoms with E-state index < -0.39 is 11.9 Å². The quantitative estimate of drug-likeness (QED) is 0.927. The van der Waals surface area contributed by atoms with Gasteiger partial charge in [0.1, 0.15) is 11.3 Å². The third-order valence-electron chi connectivity index (χ3n) is 3.92. The van der Waals surface area contributed by atoms with E-state index in [0.29, 0.717) is 29.3 Å². The molecule has 1 aliphatic heterocycles. The summed E-state index contributed by atoms with van der Waals surface area (Å²) in [6, 6.07) is 6.98. The molecule has 1 atom stereocenters. The van der Waals surface area contributed by atoms with E-state index in [1.807, 2.05) is 6.07 Å². The maximum absolute atomic E-state index is 12.2. The minimum Gasteiger partial charge on any atom is -0.481 e. The monoisotopic (exact) mass is 334 g/mol.